The summed E-state index contributed by atoms with van der Waals surface area (Å²) in [7, 11) is 0. The molecule has 2 heterocycles. The summed E-state index contributed by atoms with van der Waals surface area (Å²) in [6.45, 7) is 4.71. The van der Waals surface area contributed by atoms with E-state index in [1.807, 2.05) is 17.4 Å². The number of furan rings is 1. The monoisotopic (exact) mass is 607 g/mol. The zero-order chi connectivity index (χ0) is 30.6. The number of benzene rings is 7. The maximum atomic E-state index is 6.28. The second kappa shape index (κ2) is 9.32. The van der Waals surface area contributed by atoms with Crippen LogP contribution in [-0.2, 0) is 5.41 Å². The van der Waals surface area contributed by atoms with Gasteiger partial charge in [-0.3, -0.25) is 0 Å². The van der Waals surface area contributed by atoms with Crippen LogP contribution in [0.15, 0.2) is 144 Å². The second-order valence-corrected chi connectivity index (χ2v) is 13.9. The number of rotatable bonds is 3. The summed E-state index contributed by atoms with van der Waals surface area (Å²) in [6, 6.07) is 50.9. The topological polar surface area (TPSA) is 16.4 Å². The van der Waals surface area contributed by atoms with Crippen molar-refractivity contribution in [2.75, 3.05) is 4.90 Å². The summed E-state index contributed by atoms with van der Waals surface area (Å²) in [5.74, 6) is 0. The Labute approximate surface area is 270 Å². The first-order valence-electron chi connectivity index (χ1n) is 15.9. The Morgan fingerprint density at radius 3 is 2.15 bits per heavy atom. The van der Waals surface area contributed by atoms with Gasteiger partial charge in [-0.1, -0.05) is 117 Å². The van der Waals surface area contributed by atoms with Crippen molar-refractivity contribution in [3.63, 3.8) is 0 Å². The molecule has 0 saturated carbocycles. The van der Waals surface area contributed by atoms with E-state index >= 15 is 0 Å². The number of nitrogens with zero attached hydrogens (tertiary/aromatic N) is 1. The Kier molecular flexibility index (Phi) is 5.25. The summed E-state index contributed by atoms with van der Waals surface area (Å²) in [5, 5.41) is 7.44. The molecule has 2 nitrogen and oxygen atoms in total. The molecule has 3 heteroatoms. The highest BCUT2D eigenvalue weighted by molar-refractivity contribution is 7.27. The standard InChI is InChI=1S/C43H29NOS/c1-43(2)34-16-7-5-14-32(34)40-35(43)17-10-18-36(40)44(27-22-24-39-33(25-27)29-13-6-8-20-38(29)45-39)37-19-9-15-30-31-23-21-26-11-3-4-12-28(26)41(31)46-42(30)37/h3-25H,1-2H3. The molecule has 46 heavy (non-hydrogen) atoms. The number of anilines is 3. The van der Waals surface area contributed by atoms with E-state index in [2.05, 4.69) is 152 Å². The molecule has 0 N–H and O–H groups in total. The van der Waals surface area contributed by atoms with Crippen LogP contribution in [0.3, 0.4) is 0 Å². The zero-order valence-electron chi connectivity index (χ0n) is 25.5. The quantitative estimate of drug-likeness (QED) is 0.199. The Hall–Kier alpha value is -5.38. The van der Waals surface area contributed by atoms with Crippen LogP contribution in [0.4, 0.5) is 17.1 Å². The van der Waals surface area contributed by atoms with Gasteiger partial charge in [-0.05, 0) is 63.9 Å². The van der Waals surface area contributed by atoms with Gasteiger partial charge in [0.1, 0.15) is 11.2 Å². The normalized spacial score (nSPS) is 13.6. The van der Waals surface area contributed by atoms with Gasteiger partial charge in [0.2, 0.25) is 0 Å². The molecule has 1 aliphatic rings. The zero-order valence-corrected chi connectivity index (χ0v) is 26.4. The van der Waals surface area contributed by atoms with E-state index in [1.54, 1.807) is 0 Å². The Bertz CT molecular complexity index is 2690. The summed E-state index contributed by atoms with van der Waals surface area (Å²) >= 11 is 1.90. The van der Waals surface area contributed by atoms with Crippen LogP contribution in [0, 0.1) is 0 Å². The average Bonchev–Trinajstić information content (AvgIpc) is 3.74. The largest absolute Gasteiger partial charge is 0.456 e. The molecule has 10 rings (SSSR count). The first kappa shape index (κ1) is 25.9. The number of hydrogen-bond donors (Lipinski definition) is 0. The molecule has 0 bridgehead atoms. The molecule has 0 aliphatic heterocycles. The molecular formula is C43H29NOS. The number of para-hydroxylation sites is 1. The van der Waals surface area contributed by atoms with Crippen LogP contribution < -0.4 is 4.90 Å². The summed E-state index contributed by atoms with van der Waals surface area (Å²) in [5.41, 5.74) is 10.6. The smallest absolute Gasteiger partial charge is 0.135 e. The van der Waals surface area contributed by atoms with Crippen LogP contribution >= 0.6 is 11.3 Å². The average molecular weight is 608 g/mol. The van der Waals surface area contributed by atoms with Gasteiger partial charge in [0, 0.05) is 42.9 Å². The number of thiophene rings is 1. The van der Waals surface area contributed by atoms with Gasteiger partial charge in [-0.15, -0.1) is 11.3 Å². The summed E-state index contributed by atoms with van der Waals surface area (Å²) < 4.78 is 8.90. The molecule has 0 unspecified atom stereocenters. The Morgan fingerprint density at radius 1 is 0.522 bits per heavy atom. The van der Waals surface area contributed by atoms with Crippen LogP contribution in [0.1, 0.15) is 25.0 Å². The van der Waals surface area contributed by atoms with E-state index in [0.717, 1.165) is 27.6 Å². The minimum atomic E-state index is -0.0964. The van der Waals surface area contributed by atoms with Gasteiger partial charge in [-0.2, -0.15) is 0 Å². The Balaban J connectivity index is 1.32. The van der Waals surface area contributed by atoms with Crippen LogP contribution in [0.2, 0.25) is 0 Å². The molecule has 218 valence electrons. The van der Waals surface area contributed by atoms with Gasteiger partial charge >= 0.3 is 0 Å². The van der Waals surface area contributed by atoms with Crippen LogP contribution in [0.25, 0.3) is 64.0 Å². The maximum Gasteiger partial charge on any atom is 0.135 e. The van der Waals surface area contributed by atoms with Crippen molar-refractivity contribution in [2.24, 2.45) is 0 Å². The summed E-state index contributed by atoms with van der Waals surface area (Å²) in [4.78, 5) is 2.50. The van der Waals surface area contributed by atoms with Gasteiger partial charge in [0.05, 0.1) is 16.1 Å². The molecule has 7 aromatic carbocycles. The first-order valence-corrected chi connectivity index (χ1v) is 16.7. The predicted octanol–water partition coefficient (Wildman–Crippen LogP) is 12.9. The van der Waals surface area contributed by atoms with Crippen molar-refractivity contribution in [3.05, 3.63) is 151 Å². The lowest BCUT2D eigenvalue weighted by Gasteiger charge is -2.29. The van der Waals surface area contributed by atoms with Crippen LogP contribution in [0.5, 0.6) is 0 Å². The van der Waals surface area contributed by atoms with E-state index in [0.29, 0.717) is 0 Å². The van der Waals surface area contributed by atoms with E-state index < -0.39 is 0 Å². The third-order valence-electron chi connectivity index (χ3n) is 10.1. The van der Waals surface area contributed by atoms with Gasteiger partial charge in [0.25, 0.3) is 0 Å². The number of fused-ring (bicyclic) bond motifs is 11. The van der Waals surface area contributed by atoms with Gasteiger partial charge in [0.15, 0.2) is 0 Å². The van der Waals surface area contributed by atoms with Crippen molar-refractivity contribution in [3.8, 4) is 11.1 Å². The molecule has 0 saturated heterocycles. The summed E-state index contributed by atoms with van der Waals surface area (Å²) in [6.07, 6.45) is 0. The molecule has 0 fully saturated rings. The molecule has 9 aromatic rings. The van der Waals surface area contributed by atoms with Crippen molar-refractivity contribution < 1.29 is 4.42 Å². The minimum absolute atomic E-state index is 0.0964. The molecule has 1 aliphatic carbocycles. The highest BCUT2D eigenvalue weighted by atomic mass is 32.1. The fourth-order valence-electron chi connectivity index (χ4n) is 7.87. The predicted molar refractivity (Wildman–Crippen MR) is 196 cm³/mol. The van der Waals surface area contributed by atoms with Gasteiger partial charge < -0.3 is 9.32 Å². The molecule has 0 radical (unpaired) electrons. The molecule has 0 atom stereocenters. The third kappa shape index (κ3) is 3.46. The van der Waals surface area contributed by atoms with Crippen LogP contribution in [-0.4, -0.2) is 0 Å². The highest BCUT2D eigenvalue weighted by Gasteiger charge is 2.38. The fourth-order valence-corrected chi connectivity index (χ4v) is 9.21. The maximum absolute atomic E-state index is 6.28. The first-order chi connectivity index (χ1) is 22.6. The molecule has 0 spiro atoms. The van der Waals surface area contributed by atoms with E-state index in [-0.39, 0.29) is 5.41 Å². The lowest BCUT2D eigenvalue weighted by molar-refractivity contribution is 0.660. The van der Waals surface area contributed by atoms with Crippen molar-refractivity contribution in [1.82, 2.24) is 0 Å². The fraction of sp³-hybridized carbons (Fsp3) is 0.0698. The minimum Gasteiger partial charge on any atom is -0.456 e. The lowest BCUT2D eigenvalue weighted by Crippen LogP contribution is -2.16. The van der Waals surface area contributed by atoms with E-state index in [1.165, 1.54) is 64.6 Å². The highest BCUT2D eigenvalue weighted by Crippen LogP contribution is 2.55. The van der Waals surface area contributed by atoms with Crippen molar-refractivity contribution >= 4 is 81.3 Å². The van der Waals surface area contributed by atoms with Gasteiger partial charge in [-0.25, -0.2) is 0 Å². The molecule has 2 aromatic heterocycles. The third-order valence-corrected chi connectivity index (χ3v) is 11.3. The number of hydrogen-bond acceptors (Lipinski definition) is 3. The molecule has 0 amide bonds. The van der Waals surface area contributed by atoms with E-state index in [4.69, 9.17) is 4.42 Å². The Morgan fingerprint density at radius 2 is 1.22 bits per heavy atom. The second-order valence-electron chi connectivity index (χ2n) is 12.9. The van der Waals surface area contributed by atoms with E-state index in [9.17, 15) is 0 Å². The lowest BCUT2D eigenvalue weighted by atomic mass is 9.82. The van der Waals surface area contributed by atoms with Crippen molar-refractivity contribution in [2.45, 2.75) is 19.3 Å². The SMILES string of the molecule is CC1(C)c2ccccc2-c2c(N(c3ccc4oc5ccccc5c4c3)c3cccc4c3sc3c5ccccc5ccc43)cccc21. The van der Waals surface area contributed by atoms with Crippen molar-refractivity contribution in [1.29, 1.82) is 0 Å². The molecular weight excluding hydrogens is 579 g/mol.